The molecule has 2 aromatic rings. The van der Waals surface area contributed by atoms with Gasteiger partial charge in [-0.3, -0.25) is 4.79 Å². The number of amides is 1. The summed E-state index contributed by atoms with van der Waals surface area (Å²) < 4.78 is 0.781. The number of phenols is 1. The van der Waals surface area contributed by atoms with Crippen LogP contribution < -0.4 is 4.90 Å². The number of aromatic hydroxyl groups is 1. The number of guanidine groups is 1. The van der Waals surface area contributed by atoms with Crippen molar-refractivity contribution in [1.29, 1.82) is 5.26 Å². The fraction of sp³-hybridized carbons (Fsp3) is 0.250. The lowest BCUT2D eigenvalue weighted by atomic mass is 10.0. The second-order valence-corrected chi connectivity index (χ2v) is 7.38. The van der Waals surface area contributed by atoms with E-state index in [1.807, 2.05) is 29.2 Å². The van der Waals surface area contributed by atoms with Crippen LogP contribution in [0, 0.1) is 11.3 Å². The smallest absolute Gasteiger partial charge is 0.256 e. The predicted molar refractivity (Wildman–Crippen MR) is 106 cm³/mol. The Morgan fingerprint density at radius 2 is 2.00 bits per heavy atom. The zero-order valence-corrected chi connectivity index (χ0v) is 16.1. The van der Waals surface area contributed by atoms with Gasteiger partial charge in [0.25, 0.3) is 5.91 Å². The molecule has 0 aliphatic carbocycles. The number of para-hydroxylation sites is 2. The standard InChI is InChI=1S/C20H17BrN4O2/c21-14-7-1-2-8-15(14)25-19(27)16-9-3-4-11-24(16)20(25)23-18-13(12-22)6-5-10-17(18)26/h1-2,5-8,10,16,26H,3-4,9,11H2. The second kappa shape index (κ2) is 7.05. The van der Waals surface area contributed by atoms with Crippen LogP contribution in [0.1, 0.15) is 24.8 Å². The number of halogens is 1. The van der Waals surface area contributed by atoms with Gasteiger partial charge in [-0.25, -0.2) is 9.89 Å². The van der Waals surface area contributed by atoms with Gasteiger partial charge in [0.1, 0.15) is 23.5 Å². The zero-order valence-electron chi connectivity index (χ0n) is 14.5. The maximum absolute atomic E-state index is 13.2. The molecule has 2 aromatic carbocycles. The quantitative estimate of drug-likeness (QED) is 0.791. The van der Waals surface area contributed by atoms with E-state index in [1.54, 1.807) is 17.0 Å². The monoisotopic (exact) mass is 424 g/mol. The molecule has 136 valence electrons. The number of phenolic OH excluding ortho intramolecular Hbond substituents is 1. The molecule has 6 nitrogen and oxygen atoms in total. The molecular weight excluding hydrogens is 408 g/mol. The summed E-state index contributed by atoms with van der Waals surface area (Å²) in [5.74, 6) is 0.338. The summed E-state index contributed by atoms with van der Waals surface area (Å²) >= 11 is 3.52. The third-order valence-electron chi connectivity index (χ3n) is 4.91. The third-order valence-corrected chi connectivity index (χ3v) is 5.58. The Balaban J connectivity index is 1.91. The van der Waals surface area contributed by atoms with Crippen molar-refractivity contribution >= 4 is 39.2 Å². The van der Waals surface area contributed by atoms with Crippen LogP contribution in [-0.4, -0.2) is 34.5 Å². The molecule has 7 heteroatoms. The number of hydrogen-bond acceptors (Lipinski definition) is 4. The molecule has 2 aliphatic rings. The predicted octanol–water partition coefficient (Wildman–Crippen LogP) is 3.92. The van der Waals surface area contributed by atoms with Crippen molar-refractivity contribution in [3.05, 3.63) is 52.5 Å². The lowest BCUT2D eigenvalue weighted by molar-refractivity contribution is -0.120. The molecule has 0 radical (unpaired) electrons. The van der Waals surface area contributed by atoms with E-state index in [0.29, 0.717) is 18.2 Å². The van der Waals surface area contributed by atoms with Gasteiger partial charge in [0.05, 0.1) is 11.3 Å². The normalized spacial score (nSPS) is 20.7. The fourth-order valence-electron chi connectivity index (χ4n) is 3.62. The van der Waals surface area contributed by atoms with Crippen LogP contribution in [0.4, 0.5) is 11.4 Å². The first-order chi connectivity index (χ1) is 13.1. The summed E-state index contributed by atoms with van der Waals surface area (Å²) in [5, 5.41) is 19.7. The van der Waals surface area contributed by atoms with E-state index in [-0.39, 0.29) is 28.9 Å². The average molecular weight is 425 g/mol. The summed E-state index contributed by atoms with van der Waals surface area (Å²) in [6, 6.07) is 14.0. The van der Waals surface area contributed by atoms with Crippen LogP contribution in [0.5, 0.6) is 5.75 Å². The van der Waals surface area contributed by atoms with Crippen molar-refractivity contribution in [2.45, 2.75) is 25.3 Å². The molecule has 1 atom stereocenters. The minimum atomic E-state index is -0.263. The first kappa shape index (κ1) is 17.6. The van der Waals surface area contributed by atoms with Gasteiger partial charge in [-0.15, -0.1) is 0 Å². The Bertz CT molecular complexity index is 982. The van der Waals surface area contributed by atoms with Gasteiger partial charge in [-0.05, 0) is 59.5 Å². The first-order valence-electron chi connectivity index (χ1n) is 8.77. The van der Waals surface area contributed by atoms with Gasteiger partial charge in [-0.1, -0.05) is 18.2 Å². The molecule has 27 heavy (non-hydrogen) atoms. The number of carbonyl (C=O) groups excluding carboxylic acids is 1. The lowest BCUT2D eigenvalue weighted by Crippen LogP contribution is -2.39. The molecule has 2 heterocycles. The number of nitriles is 1. The Morgan fingerprint density at radius 1 is 1.19 bits per heavy atom. The van der Waals surface area contributed by atoms with E-state index in [2.05, 4.69) is 27.0 Å². The summed E-state index contributed by atoms with van der Waals surface area (Å²) in [4.78, 5) is 21.4. The largest absolute Gasteiger partial charge is 0.506 e. The molecule has 0 saturated carbocycles. The van der Waals surface area contributed by atoms with Crippen LogP contribution in [0.3, 0.4) is 0 Å². The number of fused-ring (bicyclic) bond motifs is 1. The maximum atomic E-state index is 13.2. The van der Waals surface area contributed by atoms with E-state index in [4.69, 9.17) is 0 Å². The molecule has 2 aliphatic heterocycles. The number of aliphatic imine (C=N–C) groups is 1. The first-order valence-corrected chi connectivity index (χ1v) is 9.57. The van der Waals surface area contributed by atoms with Crippen molar-refractivity contribution in [3.63, 3.8) is 0 Å². The summed E-state index contributed by atoms with van der Waals surface area (Å²) in [7, 11) is 0. The number of benzene rings is 2. The molecule has 1 amide bonds. The molecule has 0 bridgehead atoms. The number of carbonyl (C=O) groups is 1. The van der Waals surface area contributed by atoms with Crippen LogP contribution in [-0.2, 0) is 4.79 Å². The number of anilines is 1. The summed E-state index contributed by atoms with van der Waals surface area (Å²) in [5.41, 5.74) is 1.15. The third kappa shape index (κ3) is 2.96. The Labute approximate surface area is 165 Å². The van der Waals surface area contributed by atoms with Gasteiger partial charge in [-0.2, -0.15) is 5.26 Å². The second-order valence-electron chi connectivity index (χ2n) is 6.53. The lowest BCUT2D eigenvalue weighted by Gasteiger charge is -2.28. The van der Waals surface area contributed by atoms with E-state index in [1.165, 1.54) is 6.07 Å². The topological polar surface area (TPSA) is 79.9 Å². The highest BCUT2D eigenvalue weighted by Gasteiger charge is 2.45. The van der Waals surface area contributed by atoms with E-state index in [0.717, 1.165) is 23.7 Å². The maximum Gasteiger partial charge on any atom is 0.256 e. The summed E-state index contributed by atoms with van der Waals surface area (Å²) in [6.07, 6.45) is 2.73. The van der Waals surface area contributed by atoms with Crippen molar-refractivity contribution in [2.75, 3.05) is 11.4 Å². The van der Waals surface area contributed by atoms with Gasteiger partial charge in [0, 0.05) is 11.0 Å². The highest BCUT2D eigenvalue weighted by Crippen LogP contribution is 2.37. The average Bonchev–Trinajstić information content (AvgIpc) is 2.96. The molecule has 1 N–H and O–H groups in total. The van der Waals surface area contributed by atoms with Crippen LogP contribution in [0.25, 0.3) is 0 Å². The minimum absolute atomic E-state index is 0.0331. The Kier molecular flexibility index (Phi) is 4.58. The van der Waals surface area contributed by atoms with Crippen LogP contribution >= 0.6 is 15.9 Å². The molecule has 0 spiro atoms. The van der Waals surface area contributed by atoms with Gasteiger partial charge >= 0.3 is 0 Å². The van der Waals surface area contributed by atoms with Gasteiger partial charge < -0.3 is 10.0 Å². The van der Waals surface area contributed by atoms with E-state index in [9.17, 15) is 15.2 Å². The summed E-state index contributed by atoms with van der Waals surface area (Å²) in [6.45, 7) is 0.714. The fourth-order valence-corrected chi connectivity index (χ4v) is 4.08. The van der Waals surface area contributed by atoms with Crippen LogP contribution in [0.2, 0.25) is 0 Å². The number of hydrogen-bond donors (Lipinski definition) is 1. The number of piperidine rings is 1. The molecule has 1 unspecified atom stereocenters. The van der Waals surface area contributed by atoms with Crippen molar-refractivity contribution in [1.82, 2.24) is 4.90 Å². The Hall–Kier alpha value is -2.85. The van der Waals surface area contributed by atoms with Crippen LogP contribution in [0.15, 0.2) is 51.9 Å². The SMILES string of the molecule is N#Cc1cccc(O)c1N=C1N(c2ccccc2Br)C(=O)C2CCCCN12. The Morgan fingerprint density at radius 3 is 2.78 bits per heavy atom. The minimum Gasteiger partial charge on any atom is -0.506 e. The highest BCUT2D eigenvalue weighted by molar-refractivity contribution is 9.10. The molecule has 2 fully saturated rings. The van der Waals surface area contributed by atoms with Crippen molar-refractivity contribution in [3.8, 4) is 11.8 Å². The van der Waals surface area contributed by atoms with E-state index >= 15 is 0 Å². The highest BCUT2D eigenvalue weighted by atomic mass is 79.9. The molecule has 2 saturated heterocycles. The number of rotatable bonds is 2. The molecule has 4 rings (SSSR count). The van der Waals surface area contributed by atoms with Crippen molar-refractivity contribution in [2.24, 2.45) is 4.99 Å². The van der Waals surface area contributed by atoms with Crippen molar-refractivity contribution < 1.29 is 9.90 Å². The van der Waals surface area contributed by atoms with Gasteiger partial charge in [0.2, 0.25) is 5.96 Å². The zero-order chi connectivity index (χ0) is 19.0. The number of nitrogens with zero attached hydrogens (tertiary/aromatic N) is 4. The van der Waals surface area contributed by atoms with E-state index < -0.39 is 0 Å². The molecular formula is C20H17BrN4O2. The molecule has 0 aromatic heterocycles. The van der Waals surface area contributed by atoms with Gasteiger partial charge in [0.15, 0.2) is 0 Å².